The second-order valence-electron chi connectivity index (χ2n) is 12.2. The number of benzene rings is 1. The SMILES string of the molecule is C=C(C)C(=O)OCc1cc(C2CCC([Si](C)(C)CCCC)CC2)cc(COC(=O)C(=C)C)c1OCCCCCO. The van der Waals surface area contributed by atoms with E-state index in [9.17, 15) is 9.59 Å². The molecule has 6 nitrogen and oxygen atoms in total. The quantitative estimate of drug-likeness (QED) is 0.0881. The first-order valence-electron chi connectivity index (χ1n) is 15.0. The monoisotopic (exact) mass is 572 g/mol. The maximum atomic E-state index is 12.3. The van der Waals surface area contributed by atoms with Crippen molar-refractivity contribution in [3.8, 4) is 5.75 Å². The Balaban J connectivity index is 2.36. The van der Waals surface area contributed by atoms with Gasteiger partial charge < -0.3 is 19.3 Å². The van der Waals surface area contributed by atoms with Gasteiger partial charge in [0.15, 0.2) is 0 Å². The van der Waals surface area contributed by atoms with Crippen molar-refractivity contribution in [1.82, 2.24) is 0 Å². The van der Waals surface area contributed by atoms with Crippen molar-refractivity contribution in [2.24, 2.45) is 0 Å². The summed E-state index contributed by atoms with van der Waals surface area (Å²) in [6, 6.07) is 5.63. The maximum Gasteiger partial charge on any atom is 0.333 e. The van der Waals surface area contributed by atoms with Crippen LogP contribution in [0.3, 0.4) is 0 Å². The number of unbranched alkanes of at least 4 members (excludes halogenated alkanes) is 3. The lowest BCUT2D eigenvalue weighted by Gasteiger charge is -2.38. The van der Waals surface area contributed by atoms with Gasteiger partial charge in [0.25, 0.3) is 0 Å². The summed E-state index contributed by atoms with van der Waals surface area (Å²) in [5.74, 6) is 0.0965. The molecule has 1 aliphatic rings. The van der Waals surface area contributed by atoms with Gasteiger partial charge in [-0.05, 0) is 75.1 Å². The first kappa shape index (κ1) is 33.8. The Labute approximate surface area is 243 Å². The molecule has 0 saturated heterocycles. The molecule has 0 radical (unpaired) electrons. The smallest absolute Gasteiger partial charge is 0.333 e. The number of esters is 2. The molecule has 0 bridgehead atoms. The average molecular weight is 573 g/mol. The molecular weight excluding hydrogens is 520 g/mol. The number of hydrogen-bond acceptors (Lipinski definition) is 6. The van der Waals surface area contributed by atoms with E-state index < -0.39 is 20.0 Å². The predicted molar refractivity (Wildman–Crippen MR) is 164 cm³/mol. The summed E-state index contributed by atoms with van der Waals surface area (Å²) in [5.41, 5.74) is 4.26. The molecule has 7 heteroatoms. The van der Waals surface area contributed by atoms with Crippen molar-refractivity contribution < 1.29 is 28.9 Å². The Kier molecular flexibility index (Phi) is 14.2. The fourth-order valence-corrected chi connectivity index (χ4v) is 9.13. The maximum absolute atomic E-state index is 12.3. The zero-order valence-corrected chi connectivity index (χ0v) is 26.6. The number of carbonyl (C=O) groups is 2. The fourth-order valence-electron chi connectivity index (χ4n) is 5.56. The van der Waals surface area contributed by atoms with Crippen molar-refractivity contribution in [1.29, 1.82) is 0 Å². The van der Waals surface area contributed by atoms with Crippen LogP contribution in [0.2, 0.25) is 24.7 Å². The Morgan fingerprint density at radius 1 is 0.900 bits per heavy atom. The second-order valence-corrected chi connectivity index (χ2v) is 17.4. The Hall–Kier alpha value is -2.38. The number of aliphatic hydroxyl groups is 1. The van der Waals surface area contributed by atoms with E-state index in [0.717, 1.165) is 48.8 Å². The van der Waals surface area contributed by atoms with E-state index in [2.05, 4.69) is 45.3 Å². The normalized spacial score (nSPS) is 17.2. The lowest BCUT2D eigenvalue weighted by Crippen LogP contribution is -2.34. The van der Waals surface area contributed by atoms with Gasteiger partial charge in [-0.3, -0.25) is 0 Å². The van der Waals surface area contributed by atoms with Crippen molar-refractivity contribution in [3.63, 3.8) is 0 Å². The molecule has 1 aromatic carbocycles. The summed E-state index contributed by atoms with van der Waals surface area (Å²) in [7, 11) is -1.25. The van der Waals surface area contributed by atoms with Gasteiger partial charge in [-0.2, -0.15) is 0 Å². The van der Waals surface area contributed by atoms with E-state index in [0.29, 0.717) is 29.4 Å². The lowest BCUT2D eigenvalue weighted by atomic mass is 9.82. The van der Waals surface area contributed by atoms with E-state index in [1.165, 1.54) is 37.3 Å². The van der Waals surface area contributed by atoms with Gasteiger partial charge in [-0.1, -0.05) is 64.9 Å². The molecule has 1 fully saturated rings. The van der Waals surface area contributed by atoms with E-state index in [1.54, 1.807) is 13.8 Å². The van der Waals surface area contributed by atoms with Crippen LogP contribution in [-0.4, -0.2) is 38.3 Å². The van der Waals surface area contributed by atoms with E-state index in [-0.39, 0.29) is 19.8 Å². The molecule has 1 N–H and O–H groups in total. The molecule has 0 aromatic heterocycles. The van der Waals surface area contributed by atoms with Crippen LogP contribution in [0.15, 0.2) is 36.4 Å². The molecule has 40 heavy (non-hydrogen) atoms. The van der Waals surface area contributed by atoms with Gasteiger partial charge in [0.1, 0.15) is 19.0 Å². The summed E-state index contributed by atoms with van der Waals surface area (Å²) in [6.07, 6.45) is 9.69. The molecule has 1 aliphatic carbocycles. The largest absolute Gasteiger partial charge is 0.493 e. The molecule has 2 rings (SSSR count). The molecule has 0 atom stereocenters. The van der Waals surface area contributed by atoms with Crippen LogP contribution in [0, 0.1) is 0 Å². The molecule has 0 heterocycles. The van der Waals surface area contributed by atoms with Crippen LogP contribution in [0.5, 0.6) is 5.75 Å². The summed E-state index contributed by atoms with van der Waals surface area (Å²) < 4.78 is 17.4. The van der Waals surface area contributed by atoms with Crippen LogP contribution < -0.4 is 4.74 Å². The van der Waals surface area contributed by atoms with Crippen LogP contribution >= 0.6 is 0 Å². The zero-order chi connectivity index (χ0) is 29.7. The fraction of sp³-hybridized carbons (Fsp3) is 0.636. The minimum absolute atomic E-state index is 0.0548. The molecule has 0 unspecified atom stereocenters. The molecule has 0 aliphatic heterocycles. The van der Waals surface area contributed by atoms with Crippen LogP contribution in [0.1, 0.15) is 101 Å². The predicted octanol–water partition coefficient (Wildman–Crippen LogP) is 8.00. The molecule has 1 aromatic rings. The highest BCUT2D eigenvalue weighted by Gasteiger charge is 2.35. The minimum atomic E-state index is -1.25. The number of ether oxygens (including phenoxy) is 3. The minimum Gasteiger partial charge on any atom is -0.493 e. The summed E-state index contributed by atoms with van der Waals surface area (Å²) in [6.45, 7) is 18.8. The van der Waals surface area contributed by atoms with Crippen molar-refractivity contribution in [2.75, 3.05) is 13.2 Å². The van der Waals surface area contributed by atoms with Gasteiger partial charge >= 0.3 is 11.9 Å². The van der Waals surface area contributed by atoms with Gasteiger partial charge in [-0.15, -0.1) is 0 Å². The Morgan fingerprint density at radius 3 is 1.93 bits per heavy atom. The highest BCUT2D eigenvalue weighted by molar-refractivity contribution is 6.78. The highest BCUT2D eigenvalue weighted by Crippen LogP contribution is 2.46. The number of hydrogen-bond donors (Lipinski definition) is 1. The average Bonchev–Trinajstić information content (AvgIpc) is 2.93. The topological polar surface area (TPSA) is 82.1 Å². The zero-order valence-electron chi connectivity index (χ0n) is 25.6. The highest BCUT2D eigenvalue weighted by atomic mass is 28.3. The molecule has 224 valence electrons. The molecule has 0 spiro atoms. The van der Waals surface area contributed by atoms with Crippen molar-refractivity contribution in [3.05, 3.63) is 53.1 Å². The van der Waals surface area contributed by atoms with Gasteiger partial charge in [-0.25, -0.2) is 9.59 Å². The van der Waals surface area contributed by atoms with Gasteiger partial charge in [0, 0.05) is 28.9 Å². The molecule has 0 amide bonds. The third-order valence-corrected chi connectivity index (χ3v) is 12.6. The van der Waals surface area contributed by atoms with E-state index in [4.69, 9.17) is 19.3 Å². The van der Waals surface area contributed by atoms with Crippen LogP contribution in [-0.2, 0) is 32.3 Å². The third-order valence-electron chi connectivity index (χ3n) is 8.21. The van der Waals surface area contributed by atoms with E-state index >= 15 is 0 Å². The lowest BCUT2D eigenvalue weighted by molar-refractivity contribution is -0.140. The van der Waals surface area contributed by atoms with Crippen molar-refractivity contribution >= 4 is 20.0 Å². The van der Waals surface area contributed by atoms with Crippen LogP contribution in [0.25, 0.3) is 0 Å². The number of rotatable bonds is 17. The first-order chi connectivity index (χ1) is 19.0. The molecule has 1 saturated carbocycles. The third kappa shape index (κ3) is 10.5. The number of carbonyl (C=O) groups excluding carboxylic acids is 2. The first-order valence-corrected chi connectivity index (χ1v) is 18.3. The standard InChI is InChI=1S/C33H52O6Si/c1-8-9-19-40(6,7)30-15-13-26(14-16-30)27-20-28(22-38-32(35)24(2)3)31(37-18-12-10-11-17-34)29(21-27)23-39-33(36)25(4)5/h20-21,26,30,34H,2,4,8-19,22-23H2,1,3,5-7H3. The van der Waals surface area contributed by atoms with Crippen LogP contribution in [0.4, 0.5) is 0 Å². The Morgan fingerprint density at radius 2 is 1.45 bits per heavy atom. The Bertz CT molecular complexity index is 955. The van der Waals surface area contributed by atoms with E-state index in [1.807, 2.05) is 0 Å². The summed E-state index contributed by atoms with van der Waals surface area (Å²) in [4.78, 5) is 24.5. The van der Waals surface area contributed by atoms with Crippen molar-refractivity contribution in [2.45, 2.75) is 122 Å². The number of aliphatic hydroxyl groups excluding tert-OH is 1. The molecular formula is C33H52O6Si. The van der Waals surface area contributed by atoms with Gasteiger partial charge in [0.2, 0.25) is 0 Å². The second kappa shape index (κ2) is 16.8. The summed E-state index contributed by atoms with van der Waals surface area (Å²) in [5, 5.41) is 9.11. The van der Waals surface area contributed by atoms with Gasteiger partial charge in [0.05, 0.1) is 14.7 Å². The summed E-state index contributed by atoms with van der Waals surface area (Å²) >= 11 is 0.